The van der Waals surface area contributed by atoms with Crippen LogP contribution in [0.15, 0.2) is 17.6 Å². The number of aromatic nitrogens is 2. The molecule has 12 heavy (non-hydrogen) atoms. The van der Waals surface area contributed by atoms with Crippen LogP contribution in [0.4, 0.5) is 13.2 Å². The first-order chi connectivity index (χ1) is 5.00. The number of hydrogen-bond donors (Lipinski definition) is 0. The van der Waals surface area contributed by atoms with Gasteiger partial charge in [-0.05, 0) is 0 Å². The first-order valence-corrected chi connectivity index (χ1v) is 2.97. The summed E-state index contributed by atoms with van der Waals surface area (Å²) in [6.45, 7) is 0. The molecule has 0 saturated heterocycles. The Morgan fingerprint density at radius 2 is 1.58 bits per heavy atom. The Morgan fingerprint density at radius 1 is 1.17 bits per heavy atom. The Labute approximate surface area is 94.3 Å². The molecule has 0 aromatic carbocycles. The second-order valence-electron chi connectivity index (χ2n) is 1.75. The quantitative estimate of drug-likeness (QED) is 0.288. The van der Waals surface area contributed by atoms with Gasteiger partial charge in [-0.1, -0.05) is 0 Å². The molecule has 0 atom stereocenters. The molecule has 7 heteroatoms. The molecule has 1 rings (SSSR count). The fraction of sp³-hybridized carbons (Fsp3) is 0.200. The summed E-state index contributed by atoms with van der Waals surface area (Å²) in [6.07, 6.45) is -3.06. The van der Waals surface area contributed by atoms with Gasteiger partial charge in [0.2, 0.25) is 0 Å². The SMILES string of the molecule is FC(F)(F)c1cnc([S-])nc1.[Na+]. The summed E-state index contributed by atoms with van der Waals surface area (Å²) in [5, 5.41) is -0.0852. The molecule has 0 amide bonds. The monoisotopic (exact) mass is 202 g/mol. The average molecular weight is 202 g/mol. The molecule has 0 bridgehead atoms. The van der Waals surface area contributed by atoms with Gasteiger partial charge < -0.3 is 12.6 Å². The zero-order valence-electron chi connectivity index (χ0n) is 6.09. The maximum atomic E-state index is 11.8. The molecular weight excluding hydrogens is 200 g/mol. The Morgan fingerprint density at radius 3 is 1.92 bits per heavy atom. The van der Waals surface area contributed by atoms with E-state index in [2.05, 4.69) is 22.6 Å². The van der Waals surface area contributed by atoms with Crippen LogP contribution in [-0.2, 0) is 18.8 Å². The van der Waals surface area contributed by atoms with Gasteiger partial charge >= 0.3 is 35.7 Å². The van der Waals surface area contributed by atoms with Crippen LogP contribution < -0.4 is 29.6 Å². The molecule has 60 valence electrons. The van der Waals surface area contributed by atoms with Crippen molar-refractivity contribution in [2.75, 3.05) is 0 Å². The van der Waals surface area contributed by atoms with Crippen molar-refractivity contribution in [1.29, 1.82) is 0 Å². The van der Waals surface area contributed by atoms with Crippen molar-refractivity contribution in [2.45, 2.75) is 11.3 Å². The molecule has 0 radical (unpaired) electrons. The van der Waals surface area contributed by atoms with E-state index < -0.39 is 11.7 Å². The smallest absolute Gasteiger partial charge is 0.740 e. The van der Waals surface area contributed by atoms with Gasteiger partial charge in [0.25, 0.3) is 0 Å². The van der Waals surface area contributed by atoms with Crippen LogP contribution in [0.25, 0.3) is 0 Å². The van der Waals surface area contributed by atoms with Gasteiger partial charge in [0, 0.05) is 17.6 Å². The van der Waals surface area contributed by atoms with E-state index >= 15 is 0 Å². The van der Waals surface area contributed by atoms with E-state index in [1.807, 2.05) is 0 Å². The summed E-state index contributed by atoms with van der Waals surface area (Å²) in [7, 11) is 0. The predicted molar refractivity (Wildman–Crippen MR) is 32.7 cm³/mol. The molecule has 1 aromatic rings. The van der Waals surface area contributed by atoms with Crippen molar-refractivity contribution < 1.29 is 42.7 Å². The summed E-state index contributed by atoms with van der Waals surface area (Å²) >= 11 is 4.40. The second-order valence-corrected chi connectivity index (χ2v) is 2.12. The van der Waals surface area contributed by atoms with Crippen LogP contribution in [-0.4, -0.2) is 9.97 Å². The van der Waals surface area contributed by atoms with Crippen LogP contribution in [0, 0.1) is 0 Å². The normalized spacial score (nSPS) is 10.6. The van der Waals surface area contributed by atoms with Crippen LogP contribution in [0.2, 0.25) is 0 Å². The summed E-state index contributed by atoms with van der Waals surface area (Å²) in [4.78, 5) is 6.46. The van der Waals surface area contributed by atoms with E-state index in [0.717, 1.165) is 0 Å². The van der Waals surface area contributed by atoms with Crippen molar-refractivity contribution in [1.82, 2.24) is 9.97 Å². The van der Waals surface area contributed by atoms with E-state index in [-0.39, 0.29) is 34.7 Å². The topological polar surface area (TPSA) is 25.8 Å². The fourth-order valence-electron chi connectivity index (χ4n) is 0.463. The van der Waals surface area contributed by atoms with Gasteiger partial charge in [0.1, 0.15) is 0 Å². The van der Waals surface area contributed by atoms with Gasteiger partial charge in [0.05, 0.1) is 5.56 Å². The number of halogens is 3. The maximum Gasteiger partial charge on any atom is 1.00 e. The van der Waals surface area contributed by atoms with Crippen LogP contribution in [0.5, 0.6) is 0 Å². The zero-order valence-corrected chi connectivity index (χ0v) is 8.91. The third kappa shape index (κ3) is 3.22. The van der Waals surface area contributed by atoms with Gasteiger partial charge in [-0.2, -0.15) is 13.2 Å². The molecule has 0 aliphatic carbocycles. The van der Waals surface area contributed by atoms with Gasteiger partial charge in [-0.25, -0.2) is 0 Å². The van der Waals surface area contributed by atoms with Crippen molar-refractivity contribution in [3.63, 3.8) is 0 Å². The molecule has 0 unspecified atom stereocenters. The van der Waals surface area contributed by atoms with Crippen molar-refractivity contribution >= 4 is 12.6 Å². The Hall–Kier alpha value is 0.0900. The fourth-order valence-corrected chi connectivity index (χ4v) is 0.568. The molecule has 0 fully saturated rings. The summed E-state index contributed by atoms with van der Waals surface area (Å²) in [5.41, 5.74) is -0.883. The maximum absolute atomic E-state index is 11.8. The van der Waals surface area contributed by atoms with E-state index in [1.165, 1.54) is 0 Å². The van der Waals surface area contributed by atoms with E-state index in [0.29, 0.717) is 12.4 Å². The number of alkyl halides is 3. The minimum Gasteiger partial charge on any atom is -0.740 e. The average Bonchev–Trinajstić information content (AvgIpc) is 1.86. The molecular formula is C5H2F3N2NaS. The molecule has 0 N–H and O–H groups in total. The zero-order chi connectivity index (χ0) is 8.48. The van der Waals surface area contributed by atoms with Gasteiger partial charge in [-0.3, -0.25) is 9.97 Å². The van der Waals surface area contributed by atoms with Crippen molar-refractivity contribution in [2.24, 2.45) is 0 Å². The van der Waals surface area contributed by atoms with Crippen LogP contribution >= 0.6 is 0 Å². The van der Waals surface area contributed by atoms with Gasteiger partial charge in [0.15, 0.2) is 0 Å². The predicted octanol–water partition coefficient (Wildman–Crippen LogP) is -1.59. The molecule has 0 aliphatic heterocycles. The van der Waals surface area contributed by atoms with E-state index in [1.54, 1.807) is 0 Å². The number of nitrogens with zero attached hydrogens (tertiary/aromatic N) is 2. The largest absolute Gasteiger partial charge is 1.00 e. The molecule has 1 heterocycles. The van der Waals surface area contributed by atoms with Crippen molar-refractivity contribution in [3.05, 3.63) is 18.0 Å². The minimum atomic E-state index is -4.39. The minimum absolute atomic E-state index is 0. The Bertz CT molecular complexity index is 248. The standard InChI is InChI=1S/C5H3F3N2S.Na/c6-5(7,8)3-1-9-4(11)10-2-3;/h1-2H,(H,9,10,11);/q;+1/p-1. The van der Waals surface area contributed by atoms with Crippen LogP contribution in [0.3, 0.4) is 0 Å². The van der Waals surface area contributed by atoms with Crippen molar-refractivity contribution in [3.8, 4) is 0 Å². The molecule has 0 spiro atoms. The van der Waals surface area contributed by atoms with E-state index in [4.69, 9.17) is 0 Å². The summed E-state index contributed by atoms with van der Waals surface area (Å²) in [5.74, 6) is 0. The third-order valence-corrected chi connectivity index (χ3v) is 1.17. The molecule has 0 aliphatic rings. The second kappa shape index (κ2) is 4.36. The van der Waals surface area contributed by atoms with Gasteiger partial charge in [-0.15, -0.1) is 0 Å². The Kier molecular flexibility index (Phi) is 4.39. The van der Waals surface area contributed by atoms with E-state index in [9.17, 15) is 13.2 Å². The summed E-state index contributed by atoms with van der Waals surface area (Å²) in [6, 6.07) is 0. The molecule has 0 saturated carbocycles. The first-order valence-electron chi connectivity index (χ1n) is 2.56. The first kappa shape index (κ1) is 12.1. The number of rotatable bonds is 0. The number of hydrogen-bond acceptors (Lipinski definition) is 3. The Balaban J connectivity index is 0.00000121. The summed E-state index contributed by atoms with van der Waals surface area (Å²) < 4.78 is 35.4. The molecule has 1 aromatic heterocycles. The third-order valence-electron chi connectivity index (χ3n) is 0.955. The van der Waals surface area contributed by atoms with Crippen LogP contribution in [0.1, 0.15) is 5.56 Å². The molecule has 2 nitrogen and oxygen atoms in total.